The first kappa shape index (κ1) is 15.0. The Morgan fingerprint density at radius 2 is 2.42 bits per heavy atom. The van der Waals surface area contributed by atoms with E-state index >= 15 is 0 Å². The van der Waals surface area contributed by atoms with Crippen LogP contribution in [0.5, 0.6) is 0 Å². The number of carbonyl (C=O) groups excluding carboxylic acids is 1. The van der Waals surface area contributed by atoms with E-state index in [1.165, 1.54) is 4.88 Å². The molecule has 0 radical (unpaired) electrons. The molecule has 2 atom stereocenters. The van der Waals surface area contributed by atoms with Crippen LogP contribution in [0, 0.1) is 0 Å². The number of nitrogens with one attached hydrogen (secondary N) is 2. The number of hydrogen-bond donors (Lipinski definition) is 2. The van der Waals surface area contributed by atoms with Crippen LogP contribution in [0.25, 0.3) is 0 Å². The first-order valence-electron chi connectivity index (χ1n) is 6.90. The number of amides is 1. The van der Waals surface area contributed by atoms with Crippen molar-refractivity contribution in [1.82, 2.24) is 10.6 Å². The van der Waals surface area contributed by atoms with Crippen molar-refractivity contribution in [1.29, 1.82) is 0 Å². The van der Waals surface area contributed by atoms with Crippen molar-refractivity contribution in [2.45, 2.75) is 51.1 Å². The van der Waals surface area contributed by atoms with Crippen LogP contribution in [0.3, 0.4) is 0 Å². The van der Waals surface area contributed by atoms with Crippen LogP contribution in [0.2, 0.25) is 0 Å². The molecular formula is C14H21BrN2OS. The second kappa shape index (κ2) is 7.41. The van der Waals surface area contributed by atoms with Crippen LogP contribution in [-0.2, 0) is 11.2 Å². The zero-order valence-corrected chi connectivity index (χ0v) is 13.6. The first-order valence-corrected chi connectivity index (χ1v) is 8.51. The maximum absolute atomic E-state index is 11.9. The molecule has 1 fully saturated rings. The number of halogens is 1. The number of thiophene rings is 1. The van der Waals surface area contributed by atoms with E-state index < -0.39 is 0 Å². The molecule has 3 nitrogen and oxygen atoms in total. The molecule has 0 aliphatic carbocycles. The van der Waals surface area contributed by atoms with Crippen LogP contribution in [0.4, 0.5) is 0 Å². The Balaban J connectivity index is 1.64. The van der Waals surface area contributed by atoms with E-state index in [0.717, 1.165) is 36.0 Å². The van der Waals surface area contributed by atoms with E-state index in [4.69, 9.17) is 0 Å². The van der Waals surface area contributed by atoms with Gasteiger partial charge < -0.3 is 10.6 Å². The minimum atomic E-state index is 0.203. The lowest BCUT2D eigenvalue weighted by molar-refractivity contribution is -0.122. The van der Waals surface area contributed by atoms with Crippen molar-refractivity contribution >= 4 is 33.2 Å². The van der Waals surface area contributed by atoms with Crippen LogP contribution in [-0.4, -0.2) is 24.5 Å². The van der Waals surface area contributed by atoms with Gasteiger partial charge in [-0.1, -0.05) is 0 Å². The molecule has 2 rings (SSSR count). The molecule has 1 aliphatic heterocycles. The van der Waals surface area contributed by atoms with Gasteiger partial charge in [0, 0.05) is 23.4 Å². The van der Waals surface area contributed by atoms with Gasteiger partial charge in [0.25, 0.3) is 0 Å². The minimum Gasteiger partial charge on any atom is -0.353 e. The molecule has 0 aromatic carbocycles. The topological polar surface area (TPSA) is 41.1 Å². The summed E-state index contributed by atoms with van der Waals surface area (Å²) in [6, 6.07) is 5.07. The average Bonchev–Trinajstić information content (AvgIpc) is 2.75. The summed E-state index contributed by atoms with van der Waals surface area (Å²) >= 11 is 5.21. The van der Waals surface area contributed by atoms with Crippen LogP contribution < -0.4 is 10.6 Å². The summed E-state index contributed by atoms with van der Waals surface area (Å²) in [5.74, 6) is 0.203. The molecule has 5 heteroatoms. The normalized spacial score (nSPS) is 23.3. The lowest BCUT2D eigenvalue weighted by Gasteiger charge is -2.28. The van der Waals surface area contributed by atoms with E-state index in [1.54, 1.807) is 11.3 Å². The quantitative estimate of drug-likeness (QED) is 0.861. The summed E-state index contributed by atoms with van der Waals surface area (Å²) in [5, 5.41) is 6.55. The van der Waals surface area contributed by atoms with Gasteiger partial charge in [-0.25, -0.2) is 0 Å². The number of hydrogen-bond acceptors (Lipinski definition) is 3. The third kappa shape index (κ3) is 5.24. The molecule has 1 amide bonds. The van der Waals surface area contributed by atoms with Gasteiger partial charge in [0.1, 0.15) is 0 Å². The average molecular weight is 345 g/mol. The van der Waals surface area contributed by atoms with Crippen LogP contribution >= 0.6 is 27.3 Å². The summed E-state index contributed by atoms with van der Waals surface area (Å²) < 4.78 is 1.16. The van der Waals surface area contributed by atoms with Gasteiger partial charge in [-0.3, -0.25) is 4.79 Å². The first-order chi connectivity index (χ1) is 9.13. The summed E-state index contributed by atoms with van der Waals surface area (Å²) in [6.45, 7) is 3.18. The van der Waals surface area contributed by atoms with Gasteiger partial charge in [-0.15, -0.1) is 11.3 Å². The van der Waals surface area contributed by atoms with Crippen LogP contribution in [0.15, 0.2) is 15.9 Å². The van der Waals surface area contributed by atoms with Gasteiger partial charge in [-0.2, -0.15) is 0 Å². The van der Waals surface area contributed by atoms with Crippen LogP contribution in [0.1, 0.15) is 37.5 Å². The Labute approximate surface area is 127 Å². The van der Waals surface area contributed by atoms with E-state index in [0.29, 0.717) is 18.5 Å². The number of rotatable bonds is 5. The van der Waals surface area contributed by atoms with Gasteiger partial charge >= 0.3 is 0 Å². The molecule has 0 bridgehead atoms. The Morgan fingerprint density at radius 3 is 3.11 bits per heavy atom. The number of carbonyl (C=O) groups is 1. The third-order valence-corrected chi connectivity index (χ3v) is 5.13. The summed E-state index contributed by atoms with van der Waals surface area (Å²) in [6.07, 6.45) is 4.65. The molecule has 1 aromatic heterocycles. The lowest BCUT2D eigenvalue weighted by Crippen LogP contribution is -2.46. The Morgan fingerprint density at radius 1 is 1.58 bits per heavy atom. The zero-order valence-electron chi connectivity index (χ0n) is 11.2. The molecule has 1 saturated heterocycles. The molecule has 1 aliphatic rings. The zero-order chi connectivity index (χ0) is 13.7. The summed E-state index contributed by atoms with van der Waals surface area (Å²) in [4.78, 5) is 13.2. The van der Waals surface area contributed by atoms with Crippen molar-refractivity contribution < 1.29 is 4.79 Å². The van der Waals surface area contributed by atoms with Crippen molar-refractivity contribution in [3.8, 4) is 0 Å². The molecule has 2 unspecified atom stereocenters. The van der Waals surface area contributed by atoms with Crippen molar-refractivity contribution in [2.75, 3.05) is 6.54 Å². The summed E-state index contributed by atoms with van der Waals surface area (Å²) in [5.41, 5.74) is 0. The highest BCUT2D eigenvalue weighted by molar-refractivity contribution is 9.11. The standard InChI is InChI=1S/C14H21BrN2OS/c1-10-9-11(7-8-16-10)17-14(18)4-2-3-12-5-6-13(15)19-12/h5-6,10-11,16H,2-4,7-9H2,1H3,(H,17,18). The fraction of sp³-hybridized carbons (Fsp3) is 0.643. The fourth-order valence-electron chi connectivity index (χ4n) is 2.47. The second-order valence-corrected chi connectivity index (χ2v) is 7.75. The largest absolute Gasteiger partial charge is 0.353 e. The summed E-state index contributed by atoms with van der Waals surface area (Å²) in [7, 11) is 0. The van der Waals surface area contributed by atoms with E-state index in [2.05, 4.69) is 45.6 Å². The second-order valence-electron chi connectivity index (χ2n) is 5.20. The predicted molar refractivity (Wildman–Crippen MR) is 83.6 cm³/mol. The highest BCUT2D eigenvalue weighted by Crippen LogP contribution is 2.23. The molecule has 2 N–H and O–H groups in total. The molecular weight excluding hydrogens is 324 g/mol. The Bertz CT molecular complexity index is 421. The van der Waals surface area contributed by atoms with Gasteiger partial charge in [0.2, 0.25) is 5.91 Å². The van der Waals surface area contributed by atoms with E-state index in [9.17, 15) is 4.79 Å². The lowest BCUT2D eigenvalue weighted by atomic mass is 10.0. The molecule has 106 valence electrons. The van der Waals surface area contributed by atoms with Gasteiger partial charge in [0.05, 0.1) is 3.79 Å². The van der Waals surface area contributed by atoms with Crippen molar-refractivity contribution in [2.24, 2.45) is 0 Å². The third-order valence-electron chi connectivity index (χ3n) is 3.44. The molecule has 0 spiro atoms. The smallest absolute Gasteiger partial charge is 0.220 e. The minimum absolute atomic E-state index is 0.203. The SMILES string of the molecule is CC1CC(NC(=O)CCCc2ccc(Br)s2)CCN1. The monoisotopic (exact) mass is 344 g/mol. The predicted octanol–water partition coefficient (Wildman–Crippen LogP) is 3.09. The Hall–Kier alpha value is -0.390. The molecule has 1 aromatic rings. The fourth-order valence-corrected chi connectivity index (χ4v) is 4.00. The highest BCUT2D eigenvalue weighted by atomic mass is 79.9. The van der Waals surface area contributed by atoms with Gasteiger partial charge in [-0.05, 0) is 67.2 Å². The number of aryl methyl sites for hydroxylation is 1. The maximum atomic E-state index is 11.9. The maximum Gasteiger partial charge on any atom is 0.220 e. The van der Waals surface area contributed by atoms with E-state index in [1.807, 2.05) is 0 Å². The van der Waals surface area contributed by atoms with Crippen molar-refractivity contribution in [3.05, 3.63) is 20.8 Å². The molecule has 0 saturated carbocycles. The number of piperidine rings is 1. The highest BCUT2D eigenvalue weighted by Gasteiger charge is 2.19. The molecule has 2 heterocycles. The van der Waals surface area contributed by atoms with E-state index in [-0.39, 0.29) is 5.91 Å². The van der Waals surface area contributed by atoms with Crippen molar-refractivity contribution in [3.63, 3.8) is 0 Å². The van der Waals surface area contributed by atoms with Gasteiger partial charge in [0.15, 0.2) is 0 Å². The Kier molecular flexibility index (Phi) is 5.85. The molecule has 19 heavy (non-hydrogen) atoms.